The number of methoxy groups -OCH3 is 1. The van der Waals surface area contributed by atoms with E-state index in [1.54, 1.807) is 26.2 Å². The number of rotatable bonds is 4. The summed E-state index contributed by atoms with van der Waals surface area (Å²) in [6, 6.07) is 4.97. The molecule has 1 aromatic rings. The molecule has 80 valence electrons. The summed E-state index contributed by atoms with van der Waals surface area (Å²) in [7, 11) is 1.63. The Labute approximate surface area is 89.9 Å². The molecule has 15 heavy (non-hydrogen) atoms. The Morgan fingerprint density at radius 3 is 2.87 bits per heavy atom. The first-order valence-electron chi connectivity index (χ1n) is 4.76. The molecule has 0 atom stereocenters. The quantitative estimate of drug-likeness (QED) is 0.686. The van der Waals surface area contributed by atoms with Gasteiger partial charge in [0.15, 0.2) is 0 Å². The van der Waals surface area contributed by atoms with Crippen molar-refractivity contribution < 1.29 is 9.13 Å². The maximum Gasteiger partial charge on any atom is 0.126 e. The van der Waals surface area contributed by atoms with Crippen LogP contribution in [0.3, 0.4) is 0 Å². The summed E-state index contributed by atoms with van der Waals surface area (Å²) < 4.78 is 17.9. The van der Waals surface area contributed by atoms with Crippen molar-refractivity contribution in [3.05, 3.63) is 53.9 Å². The number of benzene rings is 1. The van der Waals surface area contributed by atoms with Crippen molar-refractivity contribution >= 4 is 5.57 Å². The molecule has 0 unspecified atom stereocenters. The Morgan fingerprint density at radius 2 is 2.27 bits per heavy atom. The van der Waals surface area contributed by atoms with Gasteiger partial charge in [-0.3, -0.25) is 0 Å². The molecule has 2 heteroatoms. The van der Waals surface area contributed by atoms with Crippen molar-refractivity contribution in [2.24, 2.45) is 0 Å². The van der Waals surface area contributed by atoms with E-state index >= 15 is 0 Å². The molecule has 0 amide bonds. The second-order valence-corrected chi connectivity index (χ2v) is 3.35. The third-order valence-electron chi connectivity index (χ3n) is 2.11. The van der Waals surface area contributed by atoms with Gasteiger partial charge in [-0.1, -0.05) is 24.8 Å². The molecule has 0 saturated heterocycles. The molecule has 0 N–H and O–H groups in total. The molecule has 0 saturated carbocycles. The fourth-order valence-electron chi connectivity index (χ4n) is 1.23. The second kappa shape index (κ2) is 5.47. The van der Waals surface area contributed by atoms with Gasteiger partial charge >= 0.3 is 0 Å². The molecule has 1 nitrogen and oxygen atoms in total. The highest BCUT2D eigenvalue weighted by molar-refractivity contribution is 5.72. The van der Waals surface area contributed by atoms with Gasteiger partial charge in [0.05, 0.1) is 6.61 Å². The van der Waals surface area contributed by atoms with Gasteiger partial charge in [-0.25, -0.2) is 4.39 Å². The van der Waals surface area contributed by atoms with Crippen molar-refractivity contribution in [1.82, 2.24) is 0 Å². The zero-order valence-corrected chi connectivity index (χ0v) is 9.09. The van der Waals surface area contributed by atoms with E-state index in [0.29, 0.717) is 12.2 Å². The minimum atomic E-state index is -0.188. The largest absolute Gasteiger partial charge is 0.381 e. The summed E-state index contributed by atoms with van der Waals surface area (Å²) in [5.74, 6) is -0.188. The van der Waals surface area contributed by atoms with Crippen molar-refractivity contribution in [3.63, 3.8) is 0 Å². The molecule has 1 rings (SSSR count). The highest BCUT2D eigenvalue weighted by atomic mass is 19.1. The molecule has 0 aliphatic rings. The van der Waals surface area contributed by atoms with E-state index in [1.165, 1.54) is 6.07 Å². The highest BCUT2D eigenvalue weighted by Crippen LogP contribution is 2.17. The third-order valence-corrected chi connectivity index (χ3v) is 2.11. The first kappa shape index (κ1) is 11.7. The molecule has 0 radical (unpaired) electrons. The van der Waals surface area contributed by atoms with Gasteiger partial charge in [-0.2, -0.15) is 0 Å². The lowest BCUT2D eigenvalue weighted by Gasteiger charge is -2.03. The Hall–Kier alpha value is -1.41. The molecule has 0 heterocycles. The smallest absolute Gasteiger partial charge is 0.126 e. The number of aryl methyl sites for hydroxylation is 1. The number of halogens is 1. The van der Waals surface area contributed by atoms with Crippen LogP contribution >= 0.6 is 0 Å². The van der Waals surface area contributed by atoms with Crippen LogP contribution in [0.25, 0.3) is 5.57 Å². The summed E-state index contributed by atoms with van der Waals surface area (Å²) in [5.41, 5.74) is 2.42. The minimum Gasteiger partial charge on any atom is -0.381 e. The maximum atomic E-state index is 13.0. The maximum absolute atomic E-state index is 13.0. The van der Waals surface area contributed by atoms with E-state index < -0.39 is 0 Å². The Kier molecular flexibility index (Phi) is 4.25. The standard InChI is InChI=1S/C13H15FO/c1-10(5-4-8-15-3)12-6-7-13(14)11(2)9-12/h4-7,9H,1,8H2,2-3H3/b5-4+. The van der Waals surface area contributed by atoms with E-state index in [4.69, 9.17) is 4.74 Å². The van der Waals surface area contributed by atoms with Crippen LogP contribution in [0.4, 0.5) is 4.39 Å². The van der Waals surface area contributed by atoms with Gasteiger partial charge in [0.2, 0.25) is 0 Å². The summed E-state index contributed by atoms with van der Waals surface area (Å²) in [5, 5.41) is 0. The zero-order valence-electron chi connectivity index (χ0n) is 9.09. The van der Waals surface area contributed by atoms with Gasteiger partial charge in [-0.05, 0) is 35.8 Å². The Morgan fingerprint density at radius 1 is 1.53 bits per heavy atom. The first-order valence-corrected chi connectivity index (χ1v) is 4.76. The minimum absolute atomic E-state index is 0.188. The lowest BCUT2D eigenvalue weighted by molar-refractivity contribution is 0.234. The molecular weight excluding hydrogens is 191 g/mol. The van der Waals surface area contributed by atoms with E-state index in [9.17, 15) is 4.39 Å². The third kappa shape index (κ3) is 3.33. The Balaban J connectivity index is 2.78. The average Bonchev–Trinajstić information content (AvgIpc) is 2.22. The van der Waals surface area contributed by atoms with Crippen LogP contribution in [0, 0.1) is 12.7 Å². The van der Waals surface area contributed by atoms with Gasteiger partial charge in [-0.15, -0.1) is 0 Å². The summed E-state index contributed by atoms with van der Waals surface area (Å²) in [4.78, 5) is 0. The zero-order chi connectivity index (χ0) is 11.3. The predicted molar refractivity (Wildman–Crippen MR) is 61.2 cm³/mol. The summed E-state index contributed by atoms with van der Waals surface area (Å²) in [6.07, 6.45) is 3.75. The van der Waals surface area contributed by atoms with Crippen LogP contribution in [0.15, 0.2) is 36.9 Å². The lowest BCUT2D eigenvalue weighted by Crippen LogP contribution is -1.86. The fourth-order valence-corrected chi connectivity index (χ4v) is 1.23. The number of ether oxygens (including phenoxy) is 1. The lowest BCUT2D eigenvalue weighted by atomic mass is 10.0. The molecule has 1 aromatic carbocycles. The van der Waals surface area contributed by atoms with Crippen LogP contribution in [0.2, 0.25) is 0 Å². The Bertz CT molecular complexity index is 380. The van der Waals surface area contributed by atoms with E-state index in [0.717, 1.165) is 11.1 Å². The van der Waals surface area contributed by atoms with Crippen LogP contribution in [0.1, 0.15) is 11.1 Å². The molecule has 0 fully saturated rings. The monoisotopic (exact) mass is 206 g/mol. The van der Waals surface area contributed by atoms with E-state index in [2.05, 4.69) is 6.58 Å². The van der Waals surface area contributed by atoms with Crippen LogP contribution in [-0.2, 0) is 4.74 Å². The van der Waals surface area contributed by atoms with Crippen LogP contribution < -0.4 is 0 Å². The summed E-state index contributed by atoms with van der Waals surface area (Å²) in [6.45, 7) is 6.20. The number of hydrogen-bond acceptors (Lipinski definition) is 1. The molecule has 0 spiro atoms. The molecular formula is C13H15FO. The summed E-state index contributed by atoms with van der Waals surface area (Å²) >= 11 is 0. The van der Waals surface area contributed by atoms with Crippen LogP contribution in [-0.4, -0.2) is 13.7 Å². The normalized spacial score (nSPS) is 10.9. The highest BCUT2D eigenvalue weighted by Gasteiger charge is 1.99. The van der Waals surface area contributed by atoms with E-state index in [1.807, 2.05) is 12.2 Å². The van der Waals surface area contributed by atoms with Gasteiger partial charge in [0, 0.05) is 7.11 Å². The predicted octanol–water partition coefficient (Wildman–Crippen LogP) is 3.35. The van der Waals surface area contributed by atoms with Crippen molar-refractivity contribution in [2.45, 2.75) is 6.92 Å². The van der Waals surface area contributed by atoms with Gasteiger partial charge in [0.1, 0.15) is 5.82 Å². The van der Waals surface area contributed by atoms with Crippen molar-refractivity contribution in [2.75, 3.05) is 13.7 Å². The fraction of sp³-hybridized carbons (Fsp3) is 0.231. The second-order valence-electron chi connectivity index (χ2n) is 3.35. The topological polar surface area (TPSA) is 9.23 Å². The first-order chi connectivity index (χ1) is 7.15. The van der Waals surface area contributed by atoms with Crippen molar-refractivity contribution in [3.8, 4) is 0 Å². The van der Waals surface area contributed by atoms with Gasteiger partial charge < -0.3 is 4.74 Å². The molecule has 0 aromatic heterocycles. The van der Waals surface area contributed by atoms with Gasteiger partial charge in [0.25, 0.3) is 0 Å². The SMILES string of the molecule is C=C(/C=C/COC)c1ccc(F)c(C)c1. The molecule has 0 bridgehead atoms. The number of hydrogen-bond donors (Lipinski definition) is 0. The molecule has 0 aliphatic carbocycles. The van der Waals surface area contributed by atoms with Crippen LogP contribution in [0.5, 0.6) is 0 Å². The molecule has 0 aliphatic heterocycles. The van der Waals surface area contributed by atoms with Crippen molar-refractivity contribution in [1.29, 1.82) is 0 Å². The van der Waals surface area contributed by atoms with E-state index in [-0.39, 0.29) is 5.82 Å². The average molecular weight is 206 g/mol. The number of allylic oxidation sites excluding steroid dienone is 2.